The van der Waals surface area contributed by atoms with Crippen LogP contribution in [0.4, 0.5) is 11.6 Å². The molecule has 0 bridgehead atoms. The van der Waals surface area contributed by atoms with Crippen LogP contribution in [0.5, 0.6) is 0 Å². The molecule has 0 aliphatic carbocycles. The van der Waals surface area contributed by atoms with Crippen LogP contribution in [0.15, 0.2) is 48.8 Å². The van der Waals surface area contributed by atoms with Gasteiger partial charge < -0.3 is 15.1 Å². The number of hydrogen-bond donors (Lipinski definition) is 1. The molecule has 9 heteroatoms. The molecule has 8 nitrogen and oxygen atoms in total. The van der Waals surface area contributed by atoms with E-state index in [-0.39, 0.29) is 5.91 Å². The lowest BCUT2D eigenvalue weighted by Gasteiger charge is -2.54. The van der Waals surface area contributed by atoms with E-state index < -0.39 is 0 Å². The van der Waals surface area contributed by atoms with Crippen LogP contribution in [0.1, 0.15) is 28.2 Å². The molecule has 0 atom stereocenters. The highest BCUT2D eigenvalue weighted by molar-refractivity contribution is 7.14. The number of hydrogen-bond acceptors (Lipinski definition) is 8. The average Bonchev–Trinajstić information content (AvgIpc) is 3.29. The van der Waals surface area contributed by atoms with Crippen LogP contribution < -0.4 is 10.2 Å². The van der Waals surface area contributed by atoms with Gasteiger partial charge in [-0.2, -0.15) is 0 Å². The van der Waals surface area contributed by atoms with Crippen molar-refractivity contribution in [2.75, 3.05) is 43.4 Å². The van der Waals surface area contributed by atoms with Crippen molar-refractivity contribution >= 4 is 39.7 Å². The Kier molecular flexibility index (Phi) is 5.46. The number of aromatic nitrogens is 4. The van der Waals surface area contributed by atoms with Crippen LogP contribution in [0, 0.1) is 12.3 Å². The number of anilines is 2. The lowest BCUT2D eigenvalue weighted by molar-refractivity contribution is 0.0900. The van der Waals surface area contributed by atoms with Crippen LogP contribution in [0.25, 0.3) is 21.3 Å². The summed E-state index contributed by atoms with van der Waals surface area (Å²) < 4.78 is 0. The fourth-order valence-electron chi connectivity index (χ4n) is 5.01. The molecule has 1 N–H and O–H groups in total. The number of nitrogens with zero attached hydrogens (tertiary/aromatic N) is 6. The second kappa shape index (κ2) is 8.66. The van der Waals surface area contributed by atoms with Crippen molar-refractivity contribution in [3.63, 3.8) is 0 Å². The molecule has 0 unspecified atom stereocenters. The van der Waals surface area contributed by atoms with Gasteiger partial charge in [-0.25, -0.2) is 9.97 Å². The Morgan fingerprint density at radius 3 is 2.63 bits per heavy atom. The van der Waals surface area contributed by atoms with Gasteiger partial charge in [-0.1, -0.05) is 23.5 Å². The van der Waals surface area contributed by atoms with E-state index >= 15 is 0 Å². The van der Waals surface area contributed by atoms with Crippen molar-refractivity contribution in [1.29, 1.82) is 0 Å². The number of fused-ring (bicyclic) bond motifs is 1. The maximum absolute atomic E-state index is 13.0. The highest BCUT2D eigenvalue weighted by atomic mass is 32.1. The summed E-state index contributed by atoms with van der Waals surface area (Å²) in [6.07, 6.45) is 5.95. The molecule has 4 aromatic rings. The molecule has 2 fully saturated rings. The second-order valence-corrected chi connectivity index (χ2v) is 11.0. The molecule has 2 aliphatic rings. The number of rotatable bonds is 4. The SMILES string of the molecule is Cc1nnc(-c2ccc3cnc(NC(=O)c4ccnc(N5CC6(CCN(C)CC6)C5)c4)cc3c2)s1. The monoisotopic (exact) mass is 485 g/mol. The Balaban J connectivity index is 1.17. The van der Waals surface area contributed by atoms with Gasteiger partial charge in [0.1, 0.15) is 21.7 Å². The summed E-state index contributed by atoms with van der Waals surface area (Å²) in [4.78, 5) is 26.7. The first-order valence-corrected chi connectivity index (χ1v) is 12.7. The minimum Gasteiger partial charge on any atom is -0.355 e. The molecular formula is C26H27N7OS. The van der Waals surface area contributed by atoms with Crippen LogP contribution >= 0.6 is 11.3 Å². The molecular weight excluding hydrogens is 458 g/mol. The van der Waals surface area contributed by atoms with E-state index in [1.807, 2.05) is 31.2 Å². The van der Waals surface area contributed by atoms with E-state index in [1.165, 1.54) is 12.8 Å². The largest absolute Gasteiger partial charge is 0.355 e. The summed E-state index contributed by atoms with van der Waals surface area (Å²) in [5, 5.41) is 15.1. The van der Waals surface area contributed by atoms with Gasteiger partial charge in [-0.15, -0.1) is 10.2 Å². The van der Waals surface area contributed by atoms with Crippen molar-refractivity contribution in [1.82, 2.24) is 25.1 Å². The molecule has 6 rings (SSSR count). The first kappa shape index (κ1) is 22.1. The van der Waals surface area contributed by atoms with Gasteiger partial charge in [0.25, 0.3) is 5.91 Å². The quantitative estimate of drug-likeness (QED) is 0.463. The minimum atomic E-state index is -0.189. The zero-order valence-electron chi connectivity index (χ0n) is 19.9. The molecule has 3 aromatic heterocycles. The Labute approximate surface area is 208 Å². The van der Waals surface area contributed by atoms with Crippen LogP contribution in [0.2, 0.25) is 0 Å². The van der Waals surface area contributed by atoms with E-state index in [0.29, 0.717) is 16.8 Å². The Bertz CT molecular complexity index is 1400. The summed E-state index contributed by atoms with van der Waals surface area (Å²) in [7, 11) is 2.19. The number of pyridine rings is 2. The van der Waals surface area contributed by atoms with E-state index in [2.05, 4.69) is 48.4 Å². The third-order valence-corrected chi connectivity index (χ3v) is 8.06. The summed E-state index contributed by atoms with van der Waals surface area (Å²) in [5.41, 5.74) is 2.00. The fourth-order valence-corrected chi connectivity index (χ4v) is 5.70. The maximum Gasteiger partial charge on any atom is 0.257 e. The lowest BCUT2D eigenvalue weighted by atomic mass is 9.72. The number of likely N-dealkylation sites (tertiary alicyclic amines) is 1. The predicted octanol–water partition coefficient (Wildman–Crippen LogP) is 4.24. The lowest BCUT2D eigenvalue weighted by Crippen LogP contribution is -2.60. The Morgan fingerprint density at radius 1 is 1.03 bits per heavy atom. The zero-order chi connectivity index (χ0) is 24.0. The van der Waals surface area contributed by atoms with Crippen molar-refractivity contribution in [2.24, 2.45) is 5.41 Å². The van der Waals surface area contributed by atoms with Crippen LogP contribution in [-0.4, -0.2) is 64.2 Å². The van der Waals surface area contributed by atoms with E-state index in [1.54, 1.807) is 29.8 Å². The second-order valence-electron chi connectivity index (χ2n) is 9.77. The number of piperidine rings is 1. The molecule has 1 spiro atoms. The number of benzene rings is 1. The number of amides is 1. The van der Waals surface area contributed by atoms with Gasteiger partial charge in [0.15, 0.2) is 0 Å². The van der Waals surface area contributed by atoms with E-state index in [0.717, 1.165) is 58.3 Å². The summed E-state index contributed by atoms with van der Waals surface area (Å²) >= 11 is 1.56. The molecule has 1 amide bonds. The standard InChI is InChI=1S/C26H27N7OS/c1-17-30-31-25(35-17)19-3-4-20-14-28-22(12-21(20)11-19)29-24(34)18-5-8-27-23(13-18)33-15-26(16-33)6-9-32(2)10-7-26/h3-5,8,11-14H,6-7,9-10,15-16H2,1-2H3,(H,28,29,34). The normalized spacial score (nSPS) is 17.5. The summed E-state index contributed by atoms with van der Waals surface area (Å²) in [6, 6.07) is 11.6. The third kappa shape index (κ3) is 4.37. The smallest absolute Gasteiger partial charge is 0.257 e. The van der Waals surface area contributed by atoms with Crippen LogP contribution in [0.3, 0.4) is 0 Å². The summed E-state index contributed by atoms with van der Waals surface area (Å²) in [6.45, 7) is 6.29. The highest BCUT2D eigenvalue weighted by Gasteiger charge is 2.44. The fraction of sp³-hybridized carbons (Fsp3) is 0.346. The Morgan fingerprint density at radius 2 is 1.86 bits per heavy atom. The summed E-state index contributed by atoms with van der Waals surface area (Å²) in [5.74, 6) is 1.19. The number of carbonyl (C=O) groups is 1. The molecule has 5 heterocycles. The molecule has 2 saturated heterocycles. The van der Waals surface area contributed by atoms with Gasteiger partial charge >= 0.3 is 0 Å². The predicted molar refractivity (Wildman–Crippen MR) is 139 cm³/mol. The number of nitrogens with one attached hydrogen (secondary N) is 1. The number of carbonyl (C=O) groups excluding carboxylic acids is 1. The minimum absolute atomic E-state index is 0.189. The first-order valence-electron chi connectivity index (χ1n) is 11.9. The zero-order valence-corrected chi connectivity index (χ0v) is 20.7. The molecule has 1 aromatic carbocycles. The van der Waals surface area contributed by atoms with Gasteiger partial charge in [0, 0.05) is 47.4 Å². The molecule has 178 valence electrons. The van der Waals surface area contributed by atoms with Crippen molar-refractivity contribution in [2.45, 2.75) is 19.8 Å². The van der Waals surface area contributed by atoms with E-state index in [9.17, 15) is 4.79 Å². The molecule has 2 aliphatic heterocycles. The van der Waals surface area contributed by atoms with E-state index in [4.69, 9.17) is 0 Å². The van der Waals surface area contributed by atoms with Crippen LogP contribution in [-0.2, 0) is 0 Å². The first-order chi connectivity index (χ1) is 17.0. The average molecular weight is 486 g/mol. The maximum atomic E-state index is 13.0. The highest BCUT2D eigenvalue weighted by Crippen LogP contribution is 2.41. The van der Waals surface area contributed by atoms with Crippen molar-refractivity contribution in [3.8, 4) is 10.6 Å². The number of aryl methyl sites for hydroxylation is 1. The molecule has 35 heavy (non-hydrogen) atoms. The van der Waals surface area contributed by atoms with Gasteiger partial charge in [-0.05, 0) is 69.6 Å². The van der Waals surface area contributed by atoms with Crippen molar-refractivity contribution < 1.29 is 4.79 Å². The molecule has 0 saturated carbocycles. The van der Waals surface area contributed by atoms with Gasteiger partial charge in [0.05, 0.1) is 0 Å². The van der Waals surface area contributed by atoms with Gasteiger partial charge in [0.2, 0.25) is 0 Å². The molecule has 0 radical (unpaired) electrons. The third-order valence-electron chi connectivity index (χ3n) is 7.17. The van der Waals surface area contributed by atoms with Crippen molar-refractivity contribution in [3.05, 3.63) is 59.4 Å². The Hall–Kier alpha value is -3.43. The van der Waals surface area contributed by atoms with Gasteiger partial charge in [-0.3, -0.25) is 4.79 Å². The topological polar surface area (TPSA) is 87.1 Å².